The molecule has 0 fully saturated rings. The molecule has 0 aliphatic carbocycles. The molecular formula is C12H12N4O2. The summed E-state index contributed by atoms with van der Waals surface area (Å²) in [5, 5.41) is 11.8. The zero-order valence-electron chi connectivity index (χ0n) is 9.79. The molecular weight excluding hydrogens is 232 g/mol. The first kappa shape index (κ1) is 12.0. The molecule has 2 N–H and O–H groups in total. The molecule has 0 amide bonds. The molecule has 0 unspecified atom stereocenters. The van der Waals surface area contributed by atoms with E-state index in [9.17, 15) is 4.79 Å². The van der Waals surface area contributed by atoms with Gasteiger partial charge < -0.3 is 10.4 Å². The predicted molar refractivity (Wildman–Crippen MR) is 65.3 cm³/mol. The van der Waals surface area contributed by atoms with Gasteiger partial charge in [-0.05, 0) is 24.6 Å². The molecule has 0 spiro atoms. The monoisotopic (exact) mass is 244 g/mol. The molecule has 2 aromatic heterocycles. The van der Waals surface area contributed by atoms with Crippen LogP contribution in [0.5, 0.6) is 0 Å². The Labute approximate surface area is 104 Å². The summed E-state index contributed by atoms with van der Waals surface area (Å²) in [6, 6.07) is 5.17. The molecule has 6 nitrogen and oxygen atoms in total. The Morgan fingerprint density at radius 1 is 1.33 bits per heavy atom. The molecule has 6 heteroatoms. The largest absolute Gasteiger partial charge is 0.477 e. The first-order valence-electron chi connectivity index (χ1n) is 5.37. The first-order chi connectivity index (χ1) is 8.66. The molecule has 0 saturated heterocycles. The van der Waals surface area contributed by atoms with Gasteiger partial charge in [-0.1, -0.05) is 6.07 Å². The lowest BCUT2D eigenvalue weighted by Gasteiger charge is -2.06. The van der Waals surface area contributed by atoms with Crippen LogP contribution in [-0.2, 0) is 6.54 Å². The Balaban J connectivity index is 2.09. The number of aromatic carboxylic acids is 1. The zero-order valence-corrected chi connectivity index (χ0v) is 9.79. The maximum atomic E-state index is 10.8. The number of hydrogen-bond acceptors (Lipinski definition) is 5. The van der Waals surface area contributed by atoms with E-state index in [1.54, 1.807) is 6.20 Å². The average Bonchev–Trinajstić information content (AvgIpc) is 2.38. The summed E-state index contributed by atoms with van der Waals surface area (Å²) in [7, 11) is 0. The van der Waals surface area contributed by atoms with E-state index in [2.05, 4.69) is 20.3 Å². The molecule has 0 bridgehead atoms. The lowest BCUT2D eigenvalue weighted by Crippen LogP contribution is -2.09. The Hall–Kier alpha value is -2.50. The minimum Gasteiger partial charge on any atom is -0.477 e. The highest BCUT2D eigenvalue weighted by Gasteiger charge is 2.06. The van der Waals surface area contributed by atoms with E-state index in [4.69, 9.17) is 5.11 Å². The van der Waals surface area contributed by atoms with E-state index >= 15 is 0 Å². The van der Waals surface area contributed by atoms with Gasteiger partial charge in [0.25, 0.3) is 0 Å². The second kappa shape index (κ2) is 5.22. The van der Waals surface area contributed by atoms with Crippen LogP contribution in [0.1, 0.15) is 21.7 Å². The summed E-state index contributed by atoms with van der Waals surface area (Å²) < 4.78 is 0. The van der Waals surface area contributed by atoms with Gasteiger partial charge in [-0.25, -0.2) is 14.8 Å². The van der Waals surface area contributed by atoms with Gasteiger partial charge in [-0.2, -0.15) is 0 Å². The molecule has 0 saturated carbocycles. The van der Waals surface area contributed by atoms with E-state index < -0.39 is 5.97 Å². The van der Waals surface area contributed by atoms with Gasteiger partial charge in [0.05, 0.1) is 12.2 Å². The third-order valence-electron chi connectivity index (χ3n) is 2.41. The molecule has 0 aromatic carbocycles. The molecule has 2 aromatic rings. The Morgan fingerprint density at radius 3 is 2.89 bits per heavy atom. The van der Waals surface area contributed by atoms with Crippen molar-refractivity contribution in [3.63, 3.8) is 0 Å². The minimum absolute atomic E-state index is 0.0368. The van der Waals surface area contributed by atoms with Crippen molar-refractivity contribution in [2.75, 3.05) is 5.32 Å². The molecule has 18 heavy (non-hydrogen) atoms. The number of anilines is 1. The van der Waals surface area contributed by atoms with Crippen molar-refractivity contribution >= 4 is 11.9 Å². The van der Waals surface area contributed by atoms with Crippen molar-refractivity contribution < 1.29 is 9.90 Å². The minimum atomic E-state index is -1.07. The van der Waals surface area contributed by atoms with Crippen molar-refractivity contribution in [1.29, 1.82) is 0 Å². The van der Waals surface area contributed by atoms with Crippen LogP contribution in [0.3, 0.4) is 0 Å². The summed E-state index contributed by atoms with van der Waals surface area (Å²) in [5.41, 5.74) is 1.89. The highest BCUT2D eigenvalue weighted by Crippen LogP contribution is 2.06. The van der Waals surface area contributed by atoms with Gasteiger partial charge in [-0.15, -0.1) is 0 Å². The molecule has 0 atom stereocenters. The van der Waals surface area contributed by atoms with Gasteiger partial charge in [-0.3, -0.25) is 4.98 Å². The third kappa shape index (κ3) is 2.79. The fourth-order valence-electron chi connectivity index (χ4n) is 1.43. The van der Waals surface area contributed by atoms with Crippen LogP contribution < -0.4 is 5.32 Å². The van der Waals surface area contributed by atoms with Gasteiger partial charge in [0.2, 0.25) is 5.95 Å². The number of hydrogen-bond donors (Lipinski definition) is 2. The zero-order chi connectivity index (χ0) is 13.0. The molecule has 0 radical (unpaired) electrons. The van der Waals surface area contributed by atoms with E-state index in [1.165, 1.54) is 12.3 Å². The lowest BCUT2D eigenvalue weighted by atomic mass is 10.2. The molecule has 0 aliphatic heterocycles. The number of aryl methyl sites for hydroxylation is 1. The van der Waals surface area contributed by atoms with Gasteiger partial charge in [0.1, 0.15) is 0 Å². The van der Waals surface area contributed by atoms with E-state index in [0.29, 0.717) is 6.54 Å². The number of nitrogens with one attached hydrogen (secondary N) is 1. The van der Waals surface area contributed by atoms with E-state index in [0.717, 1.165) is 11.3 Å². The number of carboxylic acid groups (broad SMARTS) is 1. The highest BCUT2D eigenvalue weighted by atomic mass is 16.4. The number of nitrogens with zero attached hydrogens (tertiary/aromatic N) is 3. The fourth-order valence-corrected chi connectivity index (χ4v) is 1.43. The first-order valence-corrected chi connectivity index (χ1v) is 5.37. The average molecular weight is 244 g/mol. The summed E-state index contributed by atoms with van der Waals surface area (Å²) in [4.78, 5) is 22.8. The van der Waals surface area contributed by atoms with Crippen molar-refractivity contribution in [1.82, 2.24) is 15.0 Å². The summed E-state index contributed by atoms with van der Waals surface area (Å²) in [6.45, 7) is 2.41. The predicted octanol–water partition coefficient (Wildman–Crippen LogP) is 1.49. The van der Waals surface area contributed by atoms with Crippen LogP contribution in [0.15, 0.2) is 30.6 Å². The number of aromatic nitrogens is 3. The van der Waals surface area contributed by atoms with Gasteiger partial charge in [0.15, 0.2) is 5.69 Å². The van der Waals surface area contributed by atoms with Gasteiger partial charge in [0, 0.05) is 12.4 Å². The number of pyridine rings is 1. The maximum Gasteiger partial charge on any atom is 0.354 e. The highest BCUT2D eigenvalue weighted by molar-refractivity contribution is 5.85. The van der Waals surface area contributed by atoms with Crippen LogP contribution in [0.4, 0.5) is 5.95 Å². The smallest absolute Gasteiger partial charge is 0.354 e. The topological polar surface area (TPSA) is 88.0 Å². The van der Waals surface area contributed by atoms with Crippen molar-refractivity contribution in [3.8, 4) is 0 Å². The van der Waals surface area contributed by atoms with Crippen molar-refractivity contribution in [3.05, 3.63) is 47.5 Å². The SMILES string of the molecule is Cc1cccnc1CNc1nccc(C(=O)O)n1. The number of rotatable bonds is 4. The van der Waals surface area contributed by atoms with Crippen LogP contribution >= 0.6 is 0 Å². The fraction of sp³-hybridized carbons (Fsp3) is 0.167. The molecule has 2 rings (SSSR count). The summed E-state index contributed by atoms with van der Waals surface area (Å²) >= 11 is 0. The second-order valence-electron chi connectivity index (χ2n) is 3.69. The Kier molecular flexibility index (Phi) is 3.47. The molecule has 92 valence electrons. The van der Waals surface area contributed by atoms with Crippen LogP contribution in [-0.4, -0.2) is 26.0 Å². The lowest BCUT2D eigenvalue weighted by molar-refractivity contribution is 0.0690. The molecule has 2 heterocycles. The standard InChI is InChI=1S/C12H12N4O2/c1-8-3-2-5-13-10(8)7-15-12-14-6-4-9(16-12)11(17)18/h2-6H,7H2,1H3,(H,17,18)(H,14,15,16). The molecule has 0 aliphatic rings. The second-order valence-corrected chi connectivity index (χ2v) is 3.69. The number of carboxylic acids is 1. The quantitative estimate of drug-likeness (QED) is 0.847. The van der Waals surface area contributed by atoms with Crippen LogP contribution in [0.25, 0.3) is 0 Å². The third-order valence-corrected chi connectivity index (χ3v) is 2.41. The Bertz CT molecular complexity index is 572. The van der Waals surface area contributed by atoms with Crippen LogP contribution in [0, 0.1) is 6.92 Å². The van der Waals surface area contributed by atoms with E-state index in [1.807, 2.05) is 19.1 Å². The Morgan fingerprint density at radius 2 is 2.17 bits per heavy atom. The van der Waals surface area contributed by atoms with Gasteiger partial charge >= 0.3 is 5.97 Å². The summed E-state index contributed by atoms with van der Waals surface area (Å²) in [6.07, 6.45) is 3.11. The maximum absolute atomic E-state index is 10.8. The van der Waals surface area contributed by atoms with Crippen LogP contribution in [0.2, 0.25) is 0 Å². The van der Waals surface area contributed by atoms with E-state index in [-0.39, 0.29) is 11.6 Å². The van der Waals surface area contributed by atoms with Crippen molar-refractivity contribution in [2.45, 2.75) is 13.5 Å². The van der Waals surface area contributed by atoms with Crippen molar-refractivity contribution in [2.24, 2.45) is 0 Å². The normalized spacial score (nSPS) is 10.1. The summed E-state index contributed by atoms with van der Waals surface area (Å²) in [5.74, 6) is -0.797. The number of carbonyl (C=O) groups is 1.